The molecule has 127 valence electrons. The number of para-hydroxylation sites is 1. The third kappa shape index (κ3) is 2.90. The molecule has 0 spiro atoms. The van der Waals surface area contributed by atoms with Crippen LogP contribution in [0.5, 0.6) is 0 Å². The lowest BCUT2D eigenvalue weighted by molar-refractivity contribution is -0.0893. The van der Waals surface area contributed by atoms with Gasteiger partial charge in [-0.2, -0.15) is 5.26 Å². The minimum Gasteiger partial charge on any atom is -0.453 e. The van der Waals surface area contributed by atoms with Crippen LogP contribution in [0, 0.1) is 17.1 Å². The van der Waals surface area contributed by atoms with E-state index in [9.17, 15) is 14.8 Å². The molecule has 0 bridgehead atoms. The van der Waals surface area contributed by atoms with Crippen molar-refractivity contribution in [1.82, 2.24) is 0 Å². The van der Waals surface area contributed by atoms with Crippen molar-refractivity contribution in [2.45, 2.75) is 38.9 Å². The maximum atomic E-state index is 14.4. The molecule has 0 atom stereocenters. The van der Waals surface area contributed by atoms with Crippen molar-refractivity contribution in [3.8, 4) is 6.07 Å². The molecule has 4 nitrogen and oxygen atoms in total. The second-order valence-corrected chi connectivity index (χ2v) is 7.04. The smallest absolute Gasteiger partial charge is 0.333 e. The lowest BCUT2D eigenvalue weighted by Crippen LogP contribution is -2.49. The van der Waals surface area contributed by atoms with Gasteiger partial charge in [-0.25, -0.2) is 4.39 Å². The summed E-state index contributed by atoms with van der Waals surface area (Å²) >= 11 is 0. The van der Waals surface area contributed by atoms with Gasteiger partial charge >= 0.3 is 7.48 Å². The molecule has 1 radical (unpaired) electrons. The SMILES string of the molecule is CC(C)(O)C(C)(C)O[B]c1c(C#N)cc(F)c2oc3ccccc3c12. The highest BCUT2D eigenvalue weighted by molar-refractivity contribution is 6.54. The minimum absolute atomic E-state index is 0.0797. The van der Waals surface area contributed by atoms with Crippen LogP contribution in [0.3, 0.4) is 0 Å². The number of benzene rings is 2. The lowest BCUT2D eigenvalue weighted by atomic mass is 9.78. The minimum atomic E-state index is -1.12. The third-order valence-corrected chi connectivity index (χ3v) is 4.71. The second-order valence-electron chi connectivity index (χ2n) is 7.04. The highest BCUT2D eigenvalue weighted by Gasteiger charge is 2.36. The summed E-state index contributed by atoms with van der Waals surface area (Å²) in [5.74, 6) is -0.596. The van der Waals surface area contributed by atoms with Crippen LogP contribution in [0.25, 0.3) is 21.9 Å². The number of nitriles is 1. The van der Waals surface area contributed by atoms with E-state index in [1.807, 2.05) is 12.1 Å². The summed E-state index contributed by atoms with van der Waals surface area (Å²) in [6, 6.07) is 10.3. The molecule has 0 aliphatic heterocycles. The van der Waals surface area contributed by atoms with Crippen molar-refractivity contribution in [2.24, 2.45) is 0 Å². The highest BCUT2D eigenvalue weighted by atomic mass is 19.1. The molecule has 0 fully saturated rings. The Labute approximate surface area is 146 Å². The van der Waals surface area contributed by atoms with Crippen LogP contribution < -0.4 is 5.46 Å². The Morgan fingerprint density at radius 2 is 1.92 bits per heavy atom. The fourth-order valence-electron chi connectivity index (χ4n) is 2.45. The Bertz CT molecular complexity index is 996. The fourth-order valence-corrected chi connectivity index (χ4v) is 2.45. The van der Waals surface area contributed by atoms with Gasteiger partial charge in [-0.05, 0) is 45.3 Å². The molecule has 0 aliphatic carbocycles. The summed E-state index contributed by atoms with van der Waals surface area (Å²) in [4.78, 5) is 0. The van der Waals surface area contributed by atoms with Crippen LogP contribution in [-0.2, 0) is 4.65 Å². The maximum Gasteiger partial charge on any atom is 0.333 e. The average molecular weight is 338 g/mol. The summed E-state index contributed by atoms with van der Waals surface area (Å²) in [6.45, 7) is 6.76. The number of fused-ring (bicyclic) bond motifs is 3. The van der Waals surface area contributed by atoms with Crippen LogP contribution in [0.1, 0.15) is 33.3 Å². The molecule has 6 heteroatoms. The predicted octanol–water partition coefficient (Wildman–Crippen LogP) is 3.41. The molecule has 3 rings (SSSR count). The van der Waals surface area contributed by atoms with Crippen molar-refractivity contribution in [3.05, 3.63) is 41.7 Å². The van der Waals surface area contributed by atoms with E-state index in [1.165, 1.54) is 7.48 Å². The molecule has 3 aromatic rings. The third-order valence-electron chi connectivity index (χ3n) is 4.71. The van der Waals surface area contributed by atoms with Gasteiger partial charge in [-0.1, -0.05) is 18.2 Å². The lowest BCUT2D eigenvalue weighted by Gasteiger charge is -2.37. The number of furan rings is 1. The van der Waals surface area contributed by atoms with E-state index in [-0.39, 0.29) is 11.1 Å². The van der Waals surface area contributed by atoms with Crippen molar-refractivity contribution in [1.29, 1.82) is 5.26 Å². The number of rotatable bonds is 4. The van der Waals surface area contributed by atoms with Gasteiger partial charge < -0.3 is 14.2 Å². The van der Waals surface area contributed by atoms with Gasteiger partial charge in [0.2, 0.25) is 0 Å². The first-order valence-electron chi connectivity index (χ1n) is 7.93. The largest absolute Gasteiger partial charge is 0.453 e. The molecule has 1 heterocycles. The van der Waals surface area contributed by atoms with E-state index < -0.39 is 17.0 Å². The molecule has 0 saturated carbocycles. The van der Waals surface area contributed by atoms with E-state index in [4.69, 9.17) is 9.07 Å². The van der Waals surface area contributed by atoms with Gasteiger partial charge in [0.05, 0.1) is 22.8 Å². The Morgan fingerprint density at radius 1 is 1.24 bits per heavy atom. The van der Waals surface area contributed by atoms with Crippen molar-refractivity contribution in [3.63, 3.8) is 0 Å². The van der Waals surface area contributed by atoms with Crippen LogP contribution >= 0.6 is 0 Å². The Hall–Kier alpha value is -2.36. The summed E-state index contributed by atoms with van der Waals surface area (Å²) in [6.07, 6.45) is 0. The molecule has 1 aromatic heterocycles. The summed E-state index contributed by atoms with van der Waals surface area (Å²) in [5.41, 5.74) is -0.850. The van der Waals surface area contributed by atoms with Crippen LogP contribution in [0.2, 0.25) is 0 Å². The first kappa shape index (κ1) is 17.5. The molecular weight excluding hydrogens is 320 g/mol. The zero-order chi connectivity index (χ0) is 18.4. The molecule has 0 unspecified atom stereocenters. The van der Waals surface area contributed by atoms with Gasteiger partial charge in [-0.15, -0.1) is 0 Å². The number of hydrogen-bond donors (Lipinski definition) is 1. The summed E-state index contributed by atoms with van der Waals surface area (Å²) in [7, 11) is 1.40. The summed E-state index contributed by atoms with van der Waals surface area (Å²) in [5, 5.41) is 20.9. The molecule has 2 aromatic carbocycles. The molecular formula is C19H18BFNO3. The van der Waals surface area contributed by atoms with E-state index >= 15 is 0 Å². The number of hydrogen-bond acceptors (Lipinski definition) is 4. The fraction of sp³-hybridized carbons (Fsp3) is 0.316. The molecule has 25 heavy (non-hydrogen) atoms. The second kappa shape index (κ2) is 5.87. The quantitative estimate of drug-likeness (QED) is 0.741. The standard InChI is InChI=1S/C19H18BFNO3/c1-18(2,23)19(3,4)25-20-16-11(10-22)9-13(21)17-15(16)12-7-5-6-8-14(12)24-17/h5-9,23H,1-4H3. The Morgan fingerprint density at radius 3 is 2.56 bits per heavy atom. The van der Waals surface area contributed by atoms with Crippen LogP contribution in [-0.4, -0.2) is 23.8 Å². The van der Waals surface area contributed by atoms with Gasteiger partial charge in [0, 0.05) is 10.8 Å². The zero-order valence-corrected chi connectivity index (χ0v) is 14.6. The van der Waals surface area contributed by atoms with E-state index in [1.54, 1.807) is 45.9 Å². The average Bonchev–Trinajstić information content (AvgIpc) is 2.93. The predicted molar refractivity (Wildman–Crippen MR) is 95.2 cm³/mol. The van der Waals surface area contributed by atoms with Crippen molar-refractivity contribution < 1.29 is 18.6 Å². The van der Waals surface area contributed by atoms with Crippen molar-refractivity contribution >= 4 is 34.9 Å². The van der Waals surface area contributed by atoms with Crippen LogP contribution in [0.15, 0.2) is 34.7 Å². The zero-order valence-electron chi connectivity index (χ0n) is 14.6. The highest BCUT2D eigenvalue weighted by Crippen LogP contribution is 2.31. The monoisotopic (exact) mass is 338 g/mol. The summed E-state index contributed by atoms with van der Waals surface area (Å²) < 4.78 is 25.8. The van der Waals surface area contributed by atoms with Gasteiger partial charge in [0.1, 0.15) is 5.58 Å². The Kier molecular flexibility index (Phi) is 4.10. The first-order chi connectivity index (χ1) is 11.7. The number of halogens is 1. The topological polar surface area (TPSA) is 66.4 Å². The van der Waals surface area contributed by atoms with Gasteiger partial charge in [-0.3, -0.25) is 0 Å². The van der Waals surface area contributed by atoms with Gasteiger partial charge in [0.25, 0.3) is 0 Å². The van der Waals surface area contributed by atoms with E-state index in [2.05, 4.69) is 0 Å². The number of nitrogens with zero attached hydrogens (tertiary/aromatic N) is 1. The molecule has 0 saturated heterocycles. The van der Waals surface area contributed by atoms with Crippen LogP contribution in [0.4, 0.5) is 4.39 Å². The molecule has 1 N–H and O–H groups in total. The van der Waals surface area contributed by atoms with Crippen molar-refractivity contribution in [2.75, 3.05) is 0 Å². The normalized spacial score (nSPS) is 12.5. The Balaban J connectivity index is 2.20. The maximum absolute atomic E-state index is 14.4. The van der Waals surface area contributed by atoms with E-state index in [0.717, 1.165) is 6.07 Å². The first-order valence-corrected chi connectivity index (χ1v) is 7.93. The molecule has 0 amide bonds. The molecule has 0 aliphatic rings. The van der Waals surface area contributed by atoms with Gasteiger partial charge in [0.15, 0.2) is 11.4 Å². The van der Waals surface area contributed by atoms with E-state index in [0.29, 0.717) is 21.8 Å². The number of aliphatic hydroxyl groups is 1.